The maximum Gasteiger partial charge on any atom is 0.249 e. The van der Waals surface area contributed by atoms with Crippen molar-refractivity contribution in [2.24, 2.45) is 5.92 Å². The number of rotatable bonds is 2. The number of alkyl halides is 2. The first-order chi connectivity index (χ1) is 7.99. The molecule has 0 bridgehead atoms. The van der Waals surface area contributed by atoms with E-state index in [9.17, 15) is 18.4 Å². The molecule has 0 spiro atoms. The van der Waals surface area contributed by atoms with Gasteiger partial charge in [-0.25, -0.2) is 18.7 Å². The fourth-order valence-electron chi connectivity index (χ4n) is 1.82. The summed E-state index contributed by atoms with van der Waals surface area (Å²) in [5, 5.41) is 0. The van der Waals surface area contributed by atoms with Crippen LogP contribution in [0, 0.1) is 5.92 Å². The van der Waals surface area contributed by atoms with E-state index in [1.54, 1.807) is 0 Å². The molecule has 0 saturated heterocycles. The molecule has 1 atom stereocenters. The highest BCUT2D eigenvalue weighted by Crippen LogP contribution is 2.35. The topological polar surface area (TPSA) is 59.9 Å². The monoisotopic (exact) mass is 240 g/mol. The van der Waals surface area contributed by atoms with Crippen molar-refractivity contribution in [1.29, 1.82) is 0 Å². The lowest BCUT2D eigenvalue weighted by Gasteiger charge is -2.26. The number of halogens is 2. The van der Waals surface area contributed by atoms with Crippen LogP contribution in [0.3, 0.4) is 0 Å². The van der Waals surface area contributed by atoms with Gasteiger partial charge < -0.3 is 0 Å². The maximum atomic E-state index is 13.2. The molecule has 90 valence electrons. The van der Waals surface area contributed by atoms with Gasteiger partial charge in [-0.3, -0.25) is 9.59 Å². The number of ketones is 2. The summed E-state index contributed by atoms with van der Waals surface area (Å²) in [6, 6.07) is 1.51. The molecule has 6 heteroatoms. The number of carbonyl (C=O) groups is 2. The summed E-state index contributed by atoms with van der Waals surface area (Å²) in [6.45, 7) is 0. The van der Waals surface area contributed by atoms with E-state index in [0.29, 0.717) is 0 Å². The third-order valence-electron chi connectivity index (χ3n) is 2.73. The minimum Gasteiger partial charge on any atom is -0.299 e. The van der Waals surface area contributed by atoms with Gasteiger partial charge in [0.1, 0.15) is 5.78 Å². The number of Topliss-reactive ketones (excluding diaryl/α,β-unsaturated/α-hetero) is 2. The average molecular weight is 240 g/mol. The zero-order chi connectivity index (χ0) is 12.5. The van der Waals surface area contributed by atoms with Crippen LogP contribution in [0.2, 0.25) is 0 Å². The van der Waals surface area contributed by atoms with Gasteiger partial charge in [0.15, 0.2) is 5.82 Å². The van der Waals surface area contributed by atoms with Crippen molar-refractivity contribution in [3.63, 3.8) is 0 Å². The summed E-state index contributed by atoms with van der Waals surface area (Å²) in [5.74, 6) is -5.60. The normalized spacial score (nSPS) is 23.4. The molecule has 0 N–H and O–H groups in total. The number of hydrogen-bond donors (Lipinski definition) is 0. The van der Waals surface area contributed by atoms with Crippen LogP contribution in [-0.4, -0.2) is 27.5 Å². The smallest absolute Gasteiger partial charge is 0.249 e. The standard InChI is InChI=1S/C11H10F2N2O2/c12-11(13)3-2-8(16)7(6-11)9(17)10-14-4-1-5-15-10/h1,4-5,7H,2-3,6H2. The molecule has 1 aromatic rings. The van der Waals surface area contributed by atoms with Crippen LogP contribution in [0.1, 0.15) is 29.9 Å². The van der Waals surface area contributed by atoms with Gasteiger partial charge in [0.25, 0.3) is 0 Å². The van der Waals surface area contributed by atoms with E-state index in [-0.39, 0.29) is 12.2 Å². The SMILES string of the molecule is O=C1CCC(F)(F)CC1C(=O)c1ncccn1. The van der Waals surface area contributed by atoms with Crippen molar-refractivity contribution < 1.29 is 18.4 Å². The fraction of sp³-hybridized carbons (Fsp3) is 0.455. The van der Waals surface area contributed by atoms with Gasteiger partial charge in [0.2, 0.25) is 11.7 Å². The Morgan fingerprint density at radius 2 is 2.00 bits per heavy atom. The van der Waals surface area contributed by atoms with Gasteiger partial charge in [-0.1, -0.05) is 0 Å². The van der Waals surface area contributed by atoms with Gasteiger partial charge in [-0.2, -0.15) is 0 Å². The highest BCUT2D eigenvalue weighted by molar-refractivity contribution is 6.09. The van der Waals surface area contributed by atoms with E-state index in [0.717, 1.165) is 0 Å². The Morgan fingerprint density at radius 3 is 2.65 bits per heavy atom. The van der Waals surface area contributed by atoms with Gasteiger partial charge in [0.05, 0.1) is 5.92 Å². The van der Waals surface area contributed by atoms with Crippen molar-refractivity contribution in [2.75, 3.05) is 0 Å². The van der Waals surface area contributed by atoms with Gasteiger partial charge in [-0.05, 0) is 6.07 Å². The Hall–Kier alpha value is -1.72. The summed E-state index contributed by atoms with van der Waals surface area (Å²) in [6.07, 6.45) is 1.20. The van der Waals surface area contributed by atoms with Crippen molar-refractivity contribution in [3.05, 3.63) is 24.3 Å². The first kappa shape index (κ1) is 11.8. The zero-order valence-electron chi connectivity index (χ0n) is 8.90. The molecular formula is C11H10F2N2O2. The predicted molar refractivity (Wildman–Crippen MR) is 53.7 cm³/mol. The van der Waals surface area contributed by atoms with Crippen LogP contribution < -0.4 is 0 Å². The van der Waals surface area contributed by atoms with Crippen molar-refractivity contribution in [1.82, 2.24) is 9.97 Å². The van der Waals surface area contributed by atoms with Crippen LogP contribution in [0.25, 0.3) is 0 Å². The highest BCUT2D eigenvalue weighted by Gasteiger charge is 2.44. The second-order valence-corrected chi connectivity index (χ2v) is 4.02. The Labute approximate surface area is 96.1 Å². The van der Waals surface area contributed by atoms with E-state index in [1.807, 2.05) is 0 Å². The van der Waals surface area contributed by atoms with Gasteiger partial charge in [0, 0.05) is 31.7 Å². The van der Waals surface area contributed by atoms with Crippen LogP contribution >= 0.6 is 0 Å². The summed E-state index contributed by atoms with van der Waals surface area (Å²) in [5.41, 5.74) is 0. The summed E-state index contributed by atoms with van der Waals surface area (Å²) >= 11 is 0. The molecular weight excluding hydrogens is 230 g/mol. The third kappa shape index (κ3) is 2.51. The second kappa shape index (κ2) is 4.27. The lowest BCUT2D eigenvalue weighted by atomic mass is 9.82. The molecule has 2 rings (SSSR count). The molecule has 1 unspecified atom stereocenters. The van der Waals surface area contributed by atoms with Crippen LogP contribution in [0.4, 0.5) is 8.78 Å². The first-order valence-corrected chi connectivity index (χ1v) is 5.21. The van der Waals surface area contributed by atoms with E-state index in [2.05, 4.69) is 9.97 Å². The van der Waals surface area contributed by atoms with Crippen LogP contribution in [0.15, 0.2) is 18.5 Å². The molecule has 0 aromatic carbocycles. The van der Waals surface area contributed by atoms with Crippen molar-refractivity contribution >= 4 is 11.6 Å². The predicted octanol–water partition coefficient (Wildman–Crippen LogP) is 1.66. The van der Waals surface area contributed by atoms with Gasteiger partial charge >= 0.3 is 0 Å². The molecule has 1 fully saturated rings. The average Bonchev–Trinajstić information content (AvgIpc) is 2.33. The van der Waals surface area contributed by atoms with E-state index in [1.165, 1.54) is 18.5 Å². The number of aromatic nitrogens is 2. The minimum absolute atomic E-state index is 0.177. The molecule has 1 heterocycles. The molecule has 0 aliphatic heterocycles. The molecule has 0 radical (unpaired) electrons. The largest absolute Gasteiger partial charge is 0.299 e. The fourth-order valence-corrected chi connectivity index (χ4v) is 1.82. The third-order valence-corrected chi connectivity index (χ3v) is 2.73. The summed E-state index contributed by atoms with van der Waals surface area (Å²) in [4.78, 5) is 30.7. The number of carbonyl (C=O) groups excluding carboxylic acids is 2. The molecule has 1 aliphatic rings. The molecule has 1 aliphatic carbocycles. The van der Waals surface area contributed by atoms with E-state index < -0.39 is 36.2 Å². The molecule has 4 nitrogen and oxygen atoms in total. The minimum atomic E-state index is -2.96. The molecule has 17 heavy (non-hydrogen) atoms. The summed E-state index contributed by atoms with van der Waals surface area (Å²) in [7, 11) is 0. The van der Waals surface area contributed by atoms with Crippen LogP contribution in [-0.2, 0) is 4.79 Å². The van der Waals surface area contributed by atoms with E-state index >= 15 is 0 Å². The van der Waals surface area contributed by atoms with Crippen molar-refractivity contribution in [3.8, 4) is 0 Å². The zero-order valence-corrected chi connectivity index (χ0v) is 8.90. The Balaban J connectivity index is 2.21. The maximum absolute atomic E-state index is 13.2. The van der Waals surface area contributed by atoms with E-state index in [4.69, 9.17) is 0 Å². The van der Waals surface area contributed by atoms with Crippen LogP contribution in [0.5, 0.6) is 0 Å². The summed E-state index contributed by atoms with van der Waals surface area (Å²) < 4.78 is 26.3. The highest BCUT2D eigenvalue weighted by atomic mass is 19.3. The second-order valence-electron chi connectivity index (χ2n) is 4.02. The Bertz CT molecular complexity index is 448. The van der Waals surface area contributed by atoms with Gasteiger partial charge in [-0.15, -0.1) is 0 Å². The molecule has 0 amide bonds. The number of nitrogens with zero attached hydrogens (tertiary/aromatic N) is 2. The number of hydrogen-bond acceptors (Lipinski definition) is 4. The Kier molecular flexibility index (Phi) is 2.95. The lowest BCUT2D eigenvalue weighted by molar-refractivity contribution is -0.132. The first-order valence-electron chi connectivity index (χ1n) is 5.21. The van der Waals surface area contributed by atoms with Crippen molar-refractivity contribution in [2.45, 2.75) is 25.2 Å². The lowest BCUT2D eigenvalue weighted by Crippen LogP contribution is -2.37. The quantitative estimate of drug-likeness (QED) is 0.582. The Morgan fingerprint density at radius 1 is 1.35 bits per heavy atom. The molecule has 1 saturated carbocycles. The molecule has 1 aromatic heterocycles.